The number of hydrogen-bond acceptors (Lipinski definition) is 0. The van der Waals surface area contributed by atoms with Gasteiger partial charge in [0.25, 0.3) is 0 Å². The first-order chi connectivity index (χ1) is 4.16. The molecule has 1 unspecified atom stereocenters. The molecule has 0 bridgehead atoms. The van der Waals surface area contributed by atoms with Gasteiger partial charge in [-0.25, -0.2) is 10.0 Å². The molecule has 0 aromatic rings. The number of rotatable bonds is 3. The van der Waals surface area contributed by atoms with Crippen LogP contribution in [0.3, 0.4) is 0 Å². The molecule has 1 fully saturated rings. The molecule has 1 heteroatoms. The van der Waals surface area contributed by atoms with Crippen molar-refractivity contribution in [3.05, 3.63) is 12.7 Å². The van der Waals surface area contributed by atoms with Crippen LogP contribution in [-0.2, 0) is 0 Å². The maximum atomic E-state index is 3.79. The van der Waals surface area contributed by atoms with Crippen LogP contribution in [0, 0.1) is 5.92 Å². The van der Waals surface area contributed by atoms with Crippen molar-refractivity contribution in [3.8, 4) is 0 Å². The Morgan fingerprint density at radius 3 is 2.56 bits per heavy atom. The molecule has 1 aliphatic heterocycles. The molecule has 0 nitrogen and oxygen atoms in total. The van der Waals surface area contributed by atoms with Crippen molar-refractivity contribution >= 4 is 10.0 Å². The molecule has 1 atom stereocenters. The first kappa shape index (κ1) is 7.20. The fourth-order valence-corrected chi connectivity index (χ4v) is 3.89. The number of hydrogen-bond donors (Lipinski definition) is 0. The predicted octanol–water partition coefficient (Wildman–Crippen LogP) is 2.26. The van der Waals surface area contributed by atoms with E-state index in [-0.39, 0.29) is 10.0 Å². The van der Waals surface area contributed by atoms with E-state index in [0.717, 1.165) is 5.92 Å². The summed E-state index contributed by atoms with van der Waals surface area (Å²) in [5.74, 6) is 5.22. The largest absolute Gasteiger partial charge is 0.242 e. The van der Waals surface area contributed by atoms with Crippen molar-refractivity contribution in [1.29, 1.82) is 0 Å². The standard InChI is InChI=1S/C8H16S/c1-4-8(2)7-9(3)5-6-9/h4,8H,1,5-7H2,2-3H3. The minimum absolute atomic E-state index is 0.0567. The summed E-state index contributed by atoms with van der Waals surface area (Å²) >= 11 is 0. The first-order valence-electron chi connectivity index (χ1n) is 3.50. The highest BCUT2D eigenvalue weighted by Gasteiger charge is 2.31. The molecule has 0 aromatic heterocycles. The van der Waals surface area contributed by atoms with E-state index in [1.807, 2.05) is 0 Å². The van der Waals surface area contributed by atoms with Gasteiger partial charge in [0, 0.05) is 0 Å². The Morgan fingerprint density at radius 1 is 1.67 bits per heavy atom. The van der Waals surface area contributed by atoms with Gasteiger partial charge in [0.05, 0.1) is 0 Å². The maximum Gasteiger partial charge on any atom is -0.0153 e. The minimum atomic E-state index is -0.0567. The molecule has 0 amide bonds. The Balaban J connectivity index is 2.24. The smallest absolute Gasteiger partial charge is 0.0153 e. The quantitative estimate of drug-likeness (QED) is 0.421. The molecular weight excluding hydrogens is 128 g/mol. The monoisotopic (exact) mass is 144 g/mol. The van der Waals surface area contributed by atoms with Crippen molar-refractivity contribution in [1.82, 2.24) is 0 Å². The molecule has 9 heavy (non-hydrogen) atoms. The molecule has 0 spiro atoms. The van der Waals surface area contributed by atoms with Crippen LogP contribution in [0.15, 0.2) is 12.7 Å². The van der Waals surface area contributed by atoms with E-state index in [4.69, 9.17) is 0 Å². The van der Waals surface area contributed by atoms with Crippen LogP contribution in [0.1, 0.15) is 6.92 Å². The predicted molar refractivity (Wildman–Crippen MR) is 47.5 cm³/mol. The molecule has 1 rings (SSSR count). The summed E-state index contributed by atoms with van der Waals surface area (Å²) < 4.78 is 0. The van der Waals surface area contributed by atoms with Gasteiger partial charge in [0.1, 0.15) is 0 Å². The van der Waals surface area contributed by atoms with Crippen LogP contribution in [0.25, 0.3) is 0 Å². The lowest BCUT2D eigenvalue weighted by molar-refractivity contribution is 0.847. The highest BCUT2D eigenvalue weighted by molar-refractivity contribution is 8.38. The van der Waals surface area contributed by atoms with E-state index in [1.165, 1.54) is 17.3 Å². The molecule has 0 radical (unpaired) electrons. The van der Waals surface area contributed by atoms with E-state index in [1.54, 1.807) is 0 Å². The zero-order valence-corrected chi connectivity index (χ0v) is 7.21. The zero-order valence-electron chi connectivity index (χ0n) is 6.39. The zero-order chi connectivity index (χ0) is 6.91. The van der Waals surface area contributed by atoms with E-state index < -0.39 is 0 Å². The third kappa shape index (κ3) is 2.05. The molecule has 0 saturated carbocycles. The van der Waals surface area contributed by atoms with Gasteiger partial charge in [-0.15, -0.1) is 6.58 Å². The fourth-order valence-electron chi connectivity index (χ4n) is 1.01. The third-order valence-corrected chi connectivity index (χ3v) is 5.10. The molecule has 1 aliphatic rings. The summed E-state index contributed by atoms with van der Waals surface area (Å²) in [4.78, 5) is 0. The lowest BCUT2D eigenvalue weighted by Gasteiger charge is -2.15. The van der Waals surface area contributed by atoms with Gasteiger partial charge < -0.3 is 0 Å². The second-order valence-electron chi connectivity index (χ2n) is 3.27. The Bertz CT molecular complexity index is 114. The van der Waals surface area contributed by atoms with Crippen LogP contribution < -0.4 is 0 Å². The van der Waals surface area contributed by atoms with Gasteiger partial charge in [-0.2, -0.15) is 0 Å². The van der Waals surface area contributed by atoms with Crippen LogP contribution >= 0.6 is 10.0 Å². The summed E-state index contributed by atoms with van der Waals surface area (Å²) in [7, 11) is -0.0567. The summed E-state index contributed by atoms with van der Waals surface area (Å²) in [6.45, 7) is 6.05. The summed E-state index contributed by atoms with van der Waals surface area (Å²) in [5.41, 5.74) is 0. The molecule has 0 aromatic carbocycles. The molecule has 1 saturated heterocycles. The molecule has 0 aliphatic carbocycles. The highest BCUT2D eigenvalue weighted by Crippen LogP contribution is 2.58. The average Bonchev–Trinajstić information content (AvgIpc) is 2.48. The maximum absolute atomic E-state index is 3.79. The highest BCUT2D eigenvalue weighted by atomic mass is 32.3. The van der Waals surface area contributed by atoms with Crippen LogP contribution in [0.5, 0.6) is 0 Å². The van der Waals surface area contributed by atoms with Crippen molar-refractivity contribution in [3.63, 3.8) is 0 Å². The normalized spacial score (nSPS) is 28.7. The lowest BCUT2D eigenvalue weighted by Crippen LogP contribution is -1.97. The van der Waals surface area contributed by atoms with Crippen LogP contribution in [-0.4, -0.2) is 23.5 Å². The van der Waals surface area contributed by atoms with Gasteiger partial charge in [0.2, 0.25) is 0 Å². The summed E-state index contributed by atoms with van der Waals surface area (Å²) in [6.07, 6.45) is 4.53. The summed E-state index contributed by atoms with van der Waals surface area (Å²) in [6, 6.07) is 0. The van der Waals surface area contributed by atoms with E-state index >= 15 is 0 Å². The molecule has 1 heterocycles. The van der Waals surface area contributed by atoms with E-state index in [0.29, 0.717) is 0 Å². The second kappa shape index (κ2) is 2.37. The van der Waals surface area contributed by atoms with E-state index in [2.05, 4.69) is 25.8 Å². The number of allylic oxidation sites excluding steroid dienone is 1. The van der Waals surface area contributed by atoms with Gasteiger partial charge in [0.15, 0.2) is 0 Å². The van der Waals surface area contributed by atoms with E-state index in [9.17, 15) is 0 Å². The van der Waals surface area contributed by atoms with Crippen molar-refractivity contribution in [2.45, 2.75) is 6.92 Å². The van der Waals surface area contributed by atoms with Gasteiger partial charge in [-0.1, -0.05) is 13.0 Å². The average molecular weight is 144 g/mol. The first-order valence-corrected chi connectivity index (χ1v) is 6.05. The van der Waals surface area contributed by atoms with Gasteiger partial charge in [-0.3, -0.25) is 0 Å². The van der Waals surface area contributed by atoms with Crippen LogP contribution in [0.2, 0.25) is 0 Å². The van der Waals surface area contributed by atoms with Gasteiger partial charge in [-0.05, 0) is 29.4 Å². The van der Waals surface area contributed by atoms with Gasteiger partial charge >= 0.3 is 0 Å². The Labute approximate surface area is 59.7 Å². The van der Waals surface area contributed by atoms with Crippen LogP contribution in [0.4, 0.5) is 0 Å². The molecule has 54 valence electrons. The lowest BCUT2D eigenvalue weighted by atomic mass is 10.2. The van der Waals surface area contributed by atoms with Crippen molar-refractivity contribution in [2.24, 2.45) is 5.92 Å². The second-order valence-corrected chi connectivity index (χ2v) is 7.37. The summed E-state index contributed by atoms with van der Waals surface area (Å²) in [5, 5.41) is 0. The fraction of sp³-hybridized carbons (Fsp3) is 0.750. The Kier molecular flexibility index (Phi) is 1.90. The third-order valence-electron chi connectivity index (χ3n) is 1.97. The Hall–Kier alpha value is 0.0900. The SMILES string of the molecule is C=CC(C)CS1(C)CC1. The topological polar surface area (TPSA) is 0 Å². The molecule has 0 N–H and O–H groups in total. The van der Waals surface area contributed by atoms with Crippen molar-refractivity contribution in [2.75, 3.05) is 23.5 Å². The van der Waals surface area contributed by atoms with Crippen molar-refractivity contribution < 1.29 is 0 Å². The minimum Gasteiger partial charge on any atom is -0.242 e. The molecular formula is C8H16S. The Morgan fingerprint density at radius 2 is 2.22 bits per heavy atom.